The van der Waals surface area contributed by atoms with Gasteiger partial charge in [-0.25, -0.2) is 4.99 Å². The number of methoxy groups -OCH3 is 2. The molecular formula is C23H34N4O2. The Kier molecular flexibility index (Phi) is 9.31. The molecule has 0 atom stereocenters. The van der Waals surface area contributed by atoms with E-state index < -0.39 is 0 Å². The number of nitrogens with zero attached hydrogens (tertiary/aromatic N) is 2. The van der Waals surface area contributed by atoms with Crippen molar-refractivity contribution in [2.24, 2.45) is 4.99 Å². The Hall–Kier alpha value is -2.73. The smallest absolute Gasteiger partial charge is 0.196 e. The number of anilines is 1. The van der Waals surface area contributed by atoms with E-state index in [1.807, 2.05) is 18.2 Å². The fraction of sp³-hybridized carbons (Fsp3) is 0.435. The molecule has 6 heteroatoms. The molecule has 6 nitrogen and oxygen atoms in total. The molecular weight excluding hydrogens is 364 g/mol. The van der Waals surface area contributed by atoms with Crippen LogP contribution in [0.5, 0.6) is 11.5 Å². The Morgan fingerprint density at radius 1 is 0.931 bits per heavy atom. The molecule has 0 unspecified atom stereocenters. The van der Waals surface area contributed by atoms with Crippen LogP contribution in [0.15, 0.2) is 47.5 Å². The number of ether oxygens (including phenoxy) is 2. The minimum Gasteiger partial charge on any atom is -0.493 e. The number of guanidine groups is 1. The minimum absolute atomic E-state index is 0.606. The molecule has 0 aliphatic carbocycles. The SMILES string of the molecule is CCNC(=NCc1cccc(CN(CC)CC)c1)Nc1ccc(OC)c(OC)c1. The van der Waals surface area contributed by atoms with Crippen molar-refractivity contribution in [2.45, 2.75) is 33.9 Å². The summed E-state index contributed by atoms with van der Waals surface area (Å²) in [7, 11) is 3.26. The third-order valence-corrected chi connectivity index (χ3v) is 4.70. The van der Waals surface area contributed by atoms with Crippen LogP contribution >= 0.6 is 0 Å². The van der Waals surface area contributed by atoms with E-state index in [0.29, 0.717) is 18.0 Å². The van der Waals surface area contributed by atoms with Gasteiger partial charge in [-0.3, -0.25) is 4.90 Å². The van der Waals surface area contributed by atoms with Crippen LogP contribution < -0.4 is 20.1 Å². The number of hydrogen-bond donors (Lipinski definition) is 2. The molecule has 0 saturated carbocycles. The second kappa shape index (κ2) is 12.0. The van der Waals surface area contributed by atoms with E-state index in [0.717, 1.165) is 37.8 Å². The van der Waals surface area contributed by atoms with Crippen molar-refractivity contribution in [1.29, 1.82) is 0 Å². The Balaban J connectivity index is 2.11. The van der Waals surface area contributed by atoms with Crippen LogP contribution in [0.2, 0.25) is 0 Å². The van der Waals surface area contributed by atoms with Gasteiger partial charge in [-0.05, 0) is 43.3 Å². The van der Waals surface area contributed by atoms with Crippen molar-refractivity contribution in [3.05, 3.63) is 53.6 Å². The predicted molar refractivity (Wildman–Crippen MR) is 121 cm³/mol. The highest BCUT2D eigenvalue weighted by atomic mass is 16.5. The first-order chi connectivity index (χ1) is 14.1. The predicted octanol–water partition coefficient (Wildman–Crippen LogP) is 4.12. The van der Waals surface area contributed by atoms with Crippen LogP contribution in [-0.2, 0) is 13.1 Å². The highest BCUT2D eigenvalue weighted by Gasteiger charge is 2.07. The molecule has 0 bridgehead atoms. The molecule has 0 aliphatic rings. The van der Waals surface area contributed by atoms with Crippen molar-refractivity contribution in [1.82, 2.24) is 10.2 Å². The lowest BCUT2D eigenvalue weighted by molar-refractivity contribution is 0.296. The number of benzene rings is 2. The van der Waals surface area contributed by atoms with E-state index in [1.54, 1.807) is 14.2 Å². The number of nitrogens with one attached hydrogen (secondary N) is 2. The lowest BCUT2D eigenvalue weighted by atomic mass is 10.1. The summed E-state index contributed by atoms with van der Waals surface area (Å²) in [6.45, 7) is 10.9. The first-order valence-corrected chi connectivity index (χ1v) is 10.2. The molecule has 0 aliphatic heterocycles. The van der Waals surface area contributed by atoms with Crippen molar-refractivity contribution in [3.63, 3.8) is 0 Å². The monoisotopic (exact) mass is 398 g/mol. The zero-order valence-corrected chi connectivity index (χ0v) is 18.3. The van der Waals surface area contributed by atoms with Crippen molar-refractivity contribution in [3.8, 4) is 11.5 Å². The van der Waals surface area contributed by atoms with Gasteiger partial charge in [0.15, 0.2) is 17.5 Å². The van der Waals surface area contributed by atoms with Crippen molar-refractivity contribution >= 4 is 11.6 Å². The van der Waals surface area contributed by atoms with E-state index in [2.05, 4.69) is 60.6 Å². The molecule has 0 saturated heterocycles. The van der Waals surface area contributed by atoms with E-state index in [9.17, 15) is 0 Å². The zero-order chi connectivity index (χ0) is 21.1. The van der Waals surface area contributed by atoms with Crippen LogP contribution in [0, 0.1) is 0 Å². The van der Waals surface area contributed by atoms with Gasteiger partial charge in [-0.2, -0.15) is 0 Å². The Labute approximate surface area is 174 Å². The molecule has 2 N–H and O–H groups in total. The maximum absolute atomic E-state index is 5.38. The van der Waals surface area contributed by atoms with Gasteiger partial charge >= 0.3 is 0 Å². The molecule has 0 aromatic heterocycles. The molecule has 2 rings (SSSR count). The first kappa shape index (κ1) is 22.6. The molecule has 2 aromatic carbocycles. The van der Waals surface area contributed by atoms with Crippen LogP contribution in [0.25, 0.3) is 0 Å². The molecule has 0 fully saturated rings. The van der Waals surface area contributed by atoms with Crippen LogP contribution in [0.3, 0.4) is 0 Å². The number of aliphatic imine (C=N–C) groups is 1. The zero-order valence-electron chi connectivity index (χ0n) is 18.3. The van der Waals surface area contributed by atoms with Gasteiger partial charge in [-0.1, -0.05) is 38.1 Å². The van der Waals surface area contributed by atoms with Crippen LogP contribution in [-0.4, -0.2) is 44.7 Å². The average molecular weight is 399 g/mol. The molecule has 0 heterocycles. The average Bonchev–Trinajstić information content (AvgIpc) is 2.76. The number of hydrogen-bond acceptors (Lipinski definition) is 4. The molecule has 0 radical (unpaired) electrons. The molecule has 0 spiro atoms. The highest BCUT2D eigenvalue weighted by molar-refractivity contribution is 5.93. The second-order valence-electron chi connectivity index (χ2n) is 6.67. The van der Waals surface area contributed by atoms with E-state index >= 15 is 0 Å². The third kappa shape index (κ3) is 6.98. The summed E-state index contributed by atoms with van der Waals surface area (Å²) >= 11 is 0. The van der Waals surface area contributed by atoms with E-state index in [4.69, 9.17) is 14.5 Å². The lowest BCUT2D eigenvalue weighted by Gasteiger charge is -2.18. The van der Waals surface area contributed by atoms with Gasteiger partial charge in [-0.15, -0.1) is 0 Å². The fourth-order valence-electron chi connectivity index (χ4n) is 3.06. The third-order valence-electron chi connectivity index (χ3n) is 4.70. The maximum atomic E-state index is 5.38. The van der Waals surface area contributed by atoms with Crippen LogP contribution in [0.1, 0.15) is 31.9 Å². The largest absolute Gasteiger partial charge is 0.493 e. The van der Waals surface area contributed by atoms with Gasteiger partial charge in [0.1, 0.15) is 0 Å². The molecule has 2 aromatic rings. The number of rotatable bonds is 10. The van der Waals surface area contributed by atoms with Gasteiger partial charge in [0, 0.05) is 24.8 Å². The summed E-state index contributed by atoms with van der Waals surface area (Å²) < 4.78 is 10.7. The summed E-state index contributed by atoms with van der Waals surface area (Å²) in [6, 6.07) is 14.4. The Bertz CT molecular complexity index is 788. The first-order valence-electron chi connectivity index (χ1n) is 10.2. The normalized spacial score (nSPS) is 11.4. The minimum atomic E-state index is 0.606. The topological polar surface area (TPSA) is 58.1 Å². The van der Waals surface area contributed by atoms with Gasteiger partial charge in [0.05, 0.1) is 20.8 Å². The molecule has 0 amide bonds. The van der Waals surface area contributed by atoms with Crippen molar-refractivity contribution < 1.29 is 9.47 Å². The van der Waals surface area contributed by atoms with Gasteiger partial charge in [0.2, 0.25) is 0 Å². The van der Waals surface area contributed by atoms with E-state index in [1.165, 1.54) is 11.1 Å². The van der Waals surface area contributed by atoms with E-state index in [-0.39, 0.29) is 0 Å². The summed E-state index contributed by atoms with van der Waals surface area (Å²) in [5.41, 5.74) is 3.40. The maximum Gasteiger partial charge on any atom is 0.196 e. The van der Waals surface area contributed by atoms with Gasteiger partial charge < -0.3 is 20.1 Å². The highest BCUT2D eigenvalue weighted by Crippen LogP contribution is 2.29. The summed E-state index contributed by atoms with van der Waals surface area (Å²) in [5, 5.41) is 6.63. The summed E-state index contributed by atoms with van der Waals surface area (Å²) in [4.78, 5) is 7.15. The fourth-order valence-corrected chi connectivity index (χ4v) is 3.06. The quantitative estimate of drug-likeness (QED) is 0.466. The van der Waals surface area contributed by atoms with Gasteiger partial charge in [0.25, 0.3) is 0 Å². The molecule has 158 valence electrons. The standard InChI is InChI=1S/C23H34N4O2/c1-6-24-23(26-20-12-13-21(28-4)22(15-20)29-5)25-16-18-10-9-11-19(14-18)17-27(7-2)8-3/h9-15H,6-8,16-17H2,1-5H3,(H2,24,25,26). The Morgan fingerprint density at radius 2 is 1.66 bits per heavy atom. The Morgan fingerprint density at radius 3 is 2.31 bits per heavy atom. The summed E-state index contributed by atoms with van der Waals surface area (Å²) in [5.74, 6) is 2.11. The van der Waals surface area contributed by atoms with Crippen molar-refractivity contribution in [2.75, 3.05) is 39.2 Å². The molecule has 29 heavy (non-hydrogen) atoms. The van der Waals surface area contributed by atoms with Crippen LogP contribution in [0.4, 0.5) is 5.69 Å². The lowest BCUT2D eigenvalue weighted by Crippen LogP contribution is -2.30. The second-order valence-corrected chi connectivity index (χ2v) is 6.67. The summed E-state index contributed by atoms with van der Waals surface area (Å²) in [6.07, 6.45) is 0.